The predicted molar refractivity (Wildman–Crippen MR) is 88.2 cm³/mol. The number of aromatic nitrogens is 1. The smallest absolute Gasteiger partial charge is 0.393 e. The lowest BCUT2D eigenvalue weighted by Crippen LogP contribution is -2.48. The standard InChI is InChI=1S/C17H19F3N2O2S/c1-10-13(22-16(24-10)14-7-4-8-25-14)9-15(23)21-12-6-3-2-5-11(12)17(18,19)20/h4,7-8,11-12H,2-3,5-6,9H2,1H3,(H,21,23). The molecule has 0 radical (unpaired) electrons. The second kappa shape index (κ2) is 7.19. The first-order chi connectivity index (χ1) is 11.8. The van der Waals surface area contributed by atoms with Crippen molar-refractivity contribution in [1.29, 1.82) is 0 Å². The van der Waals surface area contributed by atoms with Gasteiger partial charge in [0, 0.05) is 6.04 Å². The average molecular weight is 372 g/mol. The number of nitrogens with one attached hydrogen (secondary N) is 1. The fourth-order valence-corrected chi connectivity index (χ4v) is 3.85. The Morgan fingerprint density at radius 2 is 2.16 bits per heavy atom. The summed E-state index contributed by atoms with van der Waals surface area (Å²) in [7, 11) is 0. The van der Waals surface area contributed by atoms with Crippen LogP contribution in [0.5, 0.6) is 0 Å². The Bertz CT molecular complexity index is 725. The molecule has 1 aliphatic rings. The number of thiophene rings is 1. The Hall–Kier alpha value is -1.83. The molecule has 4 nitrogen and oxygen atoms in total. The monoisotopic (exact) mass is 372 g/mol. The van der Waals surface area contributed by atoms with E-state index in [1.807, 2.05) is 17.5 Å². The van der Waals surface area contributed by atoms with Crippen molar-refractivity contribution in [3.8, 4) is 10.8 Å². The van der Waals surface area contributed by atoms with Gasteiger partial charge in [0.1, 0.15) is 5.76 Å². The molecule has 2 atom stereocenters. The van der Waals surface area contributed by atoms with E-state index in [1.165, 1.54) is 11.3 Å². The highest BCUT2D eigenvalue weighted by Gasteiger charge is 2.45. The molecule has 2 heterocycles. The molecule has 0 aromatic carbocycles. The van der Waals surface area contributed by atoms with Gasteiger partial charge in [-0.25, -0.2) is 4.98 Å². The zero-order valence-corrected chi connectivity index (χ0v) is 14.5. The Balaban J connectivity index is 1.66. The summed E-state index contributed by atoms with van der Waals surface area (Å²) in [6, 6.07) is 2.87. The number of nitrogens with zero attached hydrogens (tertiary/aromatic N) is 1. The third-order valence-corrected chi connectivity index (χ3v) is 5.34. The molecule has 136 valence electrons. The summed E-state index contributed by atoms with van der Waals surface area (Å²) in [5.41, 5.74) is 0.459. The van der Waals surface area contributed by atoms with Gasteiger partial charge in [-0.1, -0.05) is 18.9 Å². The summed E-state index contributed by atoms with van der Waals surface area (Å²) >= 11 is 1.47. The molecule has 1 saturated carbocycles. The van der Waals surface area contributed by atoms with Crippen molar-refractivity contribution in [3.63, 3.8) is 0 Å². The number of rotatable bonds is 4. The highest BCUT2D eigenvalue weighted by atomic mass is 32.1. The first kappa shape index (κ1) is 18.0. The van der Waals surface area contributed by atoms with E-state index in [9.17, 15) is 18.0 Å². The van der Waals surface area contributed by atoms with Gasteiger partial charge >= 0.3 is 6.18 Å². The predicted octanol–water partition coefficient (Wildman–Crippen LogP) is 4.49. The number of alkyl halides is 3. The van der Waals surface area contributed by atoms with Crippen LogP contribution in [0.3, 0.4) is 0 Å². The summed E-state index contributed by atoms with van der Waals surface area (Å²) in [6.07, 6.45) is -2.70. The SMILES string of the molecule is Cc1oc(-c2cccs2)nc1CC(=O)NC1CCCCC1C(F)(F)F. The van der Waals surface area contributed by atoms with E-state index < -0.39 is 24.0 Å². The van der Waals surface area contributed by atoms with E-state index in [2.05, 4.69) is 10.3 Å². The molecule has 1 amide bonds. The van der Waals surface area contributed by atoms with Crippen LogP contribution in [0, 0.1) is 12.8 Å². The van der Waals surface area contributed by atoms with E-state index in [1.54, 1.807) is 6.92 Å². The van der Waals surface area contributed by atoms with Gasteiger partial charge in [0.2, 0.25) is 11.8 Å². The molecule has 3 rings (SSSR count). The van der Waals surface area contributed by atoms with Crippen molar-refractivity contribution in [1.82, 2.24) is 10.3 Å². The minimum absolute atomic E-state index is 0.0694. The van der Waals surface area contributed by atoms with Crippen LogP contribution in [-0.2, 0) is 11.2 Å². The Kier molecular flexibility index (Phi) is 5.17. The molecule has 0 saturated heterocycles. The van der Waals surface area contributed by atoms with Gasteiger partial charge in [-0.2, -0.15) is 13.2 Å². The number of amides is 1. The van der Waals surface area contributed by atoms with E-state index in [4.69, 9.17) is 4.42 Å². The second-order valence-electron chi connectivity index (χ2n) is 6.28. The molecular formula is C17H19F3N2O2S. The Labute approximate surface area is 147 Å². The topological polar surface area (TPSA) is 55.1 Å². The van der Waals surface area contributed by atoms with E-state index in [0.717, 1.165) is 4.88 Å². The van der Waals surface area contributed by atoms with Crippen molar-refractivity contribution in [2.24, 2.45) is 5.92 Å². The molecule has 0 spiro atoms. The molecule has 2 unspecified atom stereocenters. The van der Waals surface area contributed by atoms with Crippen LogP contribution >= 0.6 is 11.3 Å². The molecule has 0 bridgehead atoms. The van der Waals surface area contributed by atoms with Crippen LogP contribution in [0.4, 0.5) is 13.2 Å². The maximum Gasteiger partial charge on any atom is 0.393 e. The Morgan fingerprint density at radius 1 is 1.40 bits per heavy atom. The minimum atomic E-state index is -4.28. The number of carbonyl (C=O) groups is 1. The van der Waals surface area contributed by atoms with E-state index in [0.29, 0.717) is 36.6 Å². The van der Waals surface area contributed by atoms with E-state index >= 15 is 0 Å². The normalized spacial score (nSPS) is 21.3. The zero-order valence-electron chi connectivity index (χ0n) is 13.7. The van der Waals surface area contributed by atoms with Crippen molar-refractivity contribution in [2.45, 2.75) is 51.2 Å². The molecule has 0 aliphatic heterocycles. The third-order valence-electron chi connectivity index (χ3n) is 4.49. The molecule has 2 aromatic heterocycles. The fraction of sp³-hybridized carbons (Fsp3) is 0.529. The fourth-order valence-electron chi connectivity index (χ4n) is 3.20. The summed E-state index contributed by atoms with van der Waals surface area (Å²) in [6.45, 7) is 1.70. The number of carbonyl (C=O) groups excluding carboxylic acids is 1. The summed E-state index contributed by atoms with van der Waals surface area (Å²) < 4.78 is 44.9. The van der Waals surface area contributed by atoms with Gasteiger partial charge in [0.25, 0.3) is 0 Å². The van der Waals surface area contributed by atoms with Crippen molar-refractivity contribution in [3.05, 3.63) is 29.0 Å². The molecule has 8 heteroatoms. The number of hydrogen-bond acceptors (Lipinski definition) is 4. The third kappa shape index (κ3) is 4.23. The Morgan fingerprint density at radius 3 is 2.84 bits per heavy atom. The lowest BCUT2D eigenvalue weighted by Gasteiger charge is -2.33. The van der Waals surface area contributed by atoms with Gasteiger partial charge in [0.15, 0.2) is 0 Å². The average Bonchev–Trinajstić information content (AvgIpc) is 3.17. The molecule has 1 aliphatic carbocycles. The van der Waals surface area contributed by atoms with Crippen molar-refractivity contribution in [2.75, 3.05) is 0 Å². The maximum atomic E-state index is 13.1. The number of hydrogen-bond donors (Lipinski definition) is 1. The summed E-state index contributed by atoms with van der Waals surface area (Å²) in [5.74, 6) is -0.976. The quantitative estimate of drug-likeness (QED) is 0.860. The lowest BCUT2D eigenvalue weighted by molar-refractivity contribution is -0.189. The highest BCUT2D eigenvalue weighted by molar-refractivity contribution is 7.13. The van der Waals surface area contributed by atoms with Crippen LogP contribution < -0.4 is 5.32 Å². The van der Waals surface area contributed by atoms with Crippen LogP contribution in [-0.4, -0.2) is 23.1 Å². The summed E-state index contributed by atoms with van der Waals surface area (Å²) in [5, 5.41) is 4.45. The highest BCUT2D eigenvalue weighted by Crippen LogP contribution is 2.37. The van der Waals surface area contributed by atoms with Crippen LogP contribution in [0.2, 0.25) is 0 Å². The molecule has 1 fully saturated rings. The molecule has 1 N–H and O–H groups in total. The van der Waals surface area contributed by atoms with Crippen LogP contribution in [0.1, 0.15) is 37.1 Å². The van der Waals surface area contributed by atoms with Gasteiger partial charge in [-0.05, 0) is 31.2 Å². The summed E-state index contributed by atoms with van der Waals surface area (Å²) in [4.78, 5) is 17.4. The second-order valence-corrected chi connectivity index (χ2v) is 7.23. The van der Waals surface area contributed by atoms with Gasteiger partial charge in [-0.3, -0.25) is 4.79 Å². The van der Waals surface area contributed by atoms with Gasteiger partial charge in [-0.15, -0.1) is 11.3 Å². The number of oxazole rings is 1. The van der Waals surface area contributed by atoms with Gasteiger partial charge < -0.3 is 9.73 Å². The van der Waals surface area contributed by atoms with Crippen LogP contribution in [0.25, 0.3) is 10.8 Å². The zero-order chi connectivity index (χ0) is 18.0. The molecule has 25 heavy (non-hydrogen) atoms. The molecule has 2 aromatic rings. The van der Waals surface area contributed by atoms with Crippen molar-refractivity contribution >= 4 is 17.2 Å². The van der Waals surface area contributed by atoms with Crippen LogP contribution in [0.15, 0.2) is 21.9 Å². The van der Waals surface area contributed by atoms with Crippen molar-refractivity contribution < 1.29 is 22.4 Å². The number of aryl methyl sites for hydroxylation is 1. The first-order valence-corrected chi connectivity index (χ1v) is 9.09. The first-order valence-electron chi connectivity index (χ1n) is 8.21. The molecular weight excluding hydrogens is 353 g/mol. The van der Waals surface area contributed by atoms with E-state index in [-0.39, 0.29) is 12.8 Å². The minimum Gasteiger partial charge on any atom is -0.440 e. The lowest BCUT2D eigenvalue weighted by atomic mass is 9.84. The number of halogens is 3. The largest absolute Gasteiger partial charge is 0.440 e. The van der Waals surface area contributed by atoms with Gasteiger partial charge in [0.05, 0.1) is 22.9 Å². The maximum absolute atomic E-state index is 13.1.